The topological polar surface area (TPSA) is 74.8 Å². The Labute approximate surface area is 206 Å². The number of alkyl halides is 2. The van der Waals surface area contributed by atoms with Gasteiger partial charge in [0.25, 0.3) is 0 Å². The van der Waals surface area contributed by atoms with Crippen molar-refractivity contribution in [3.8, 4) is 22.8 Å². The molecule has 3 aromatic heterocycles. The van der Waals surface area contributed by atoms with Gasteiger partial charge in [-0.05, 0) is 70.2 Å². The van der Waals surface area contributed by atoms with Gasteiger partial charge in [0, 0.05) is 47.1 Å². The van der Waals surface area contributed by atoms with Gasteiger partial charge < -0.3 is 13.9 Å². The lowest BCUT2D eigenvalue weighted by molar-refractivity contribution is -0.0498. The zero-order valence-corrected chi connectivity index (χ0v) is 20.6. The van der Waals surface area contributed by atoms with Crippen molar-refractivity contribution < 1.29 is 18.3 Å². The largest absolute Gasteiger partial charge is 0.435 e. The molecule has 0 fully saturated rings. The molecule has 1 aromatic carbocycles. The van der Waals surface area contributed by atoms with Crippen LogP contribution in [0.25, 0.3) is 17.1 Å². The van der Waals surface area contributed by atoms with Crippen LogP contribution in [0.4, 0.5) is 8.78 Å². The summed E-state index contributed by atoms with van der Waals surface area (Å²) in [5.74, 6) is 0.788. The minimum atomic E-state index is -2.88. The Bertz CT molecular complexity index is 1320. The molecule has 10 heteroatoms. The number of rotatable bonds is 9. The molecule has 4 rings (SSSR count). The van der Waals surface area contributed by atoms with E-state index in [-0.39, 0.29) is 11.5 Å². The Kier molecular flexibility index (Phi) is 7.30. The van der Waals surface area contributed by atoms with E-state index in [1.165, 1.54) is 23.9 Å². The SMILES string of the molecule is CCn1c(SC(C)C(=O)c2cc(C)n(-c3ccc(OC(F)F)cc3)c2C)nnc1-c1ccncc1. The van der Waals surface area contributed by atoms with Crippen molar-refractivity contribution in [1.82, 2.24) is 24.3 Å². The first-order chi connectivity index (χ1) is 16.8. The fraction of sp³-hybridized carbons (Fsp3) is 0.280. The zero-order chi connectivity index (χ0) is 25.1. The van der Waals surface area contributed by atoms with Crippen molar-refractivity contribution >= 4 is 17.5 Å². The van der Waals surface area contributed by atoms with Gasteiger partial charge in [0.05, 0.1) is 5.25 Å². The van der Waals surface area contributed by atoms with Crippen LogP contribution in [-0.4, -0.2) is 42.0 Å². The second-order valence-electron chi connectivity index (χ2n) is 7.90. The molecule has 7 nitrogen and oxygen atoms in total. The Morgan fingerprint density at radius 3 is 2.40 bits per heavy atom. The van der Waals surface area contributed by atoms with Crippen molar-refractivity contribution in [2.75, 3.05) is 0 Å². The summed E-state index contributed by atoms with van der Waals surface area (Å²) in [6.45, 7) is 5.43. The third kappa shape index (κ3) is 5.12. The highest BCUT2D eigenvalue weighted by molar-refractivity contribution is 8.00. The lowest BCUT2D eigenvalue weighted by Crippen LogP contribution is -2.16. The maximum Gasteiger partial charge on any atom is 0.387 e. The summed E-state index contributed by atoms with van der Waals surface area (Å²) in [5.41, 5.74) is 3.91. The molecule has 0 saturated heterocycles. The number of Topliss-reactive ketones (excluding diaryl/α,β-unsaturated/α-hetero) is 1. The van der Waals surface area contributed by atoms with Crippen LogP contribution in [0.2, 0.25) is 0 Å². The molecule has 0 radical (unpaired) electrons. The first kappa shape index (κ1) is 24.6. The van der Waals surface area contributed by atoms with E-state index in [4.69, 9.17) is 0 Å². The molecule has 4 aromatic rings. The zero-order valence-electron chi connectivity index (χ0n) is 19.8. The molecule has 0 spiro atoms. The number of aromatic nitrogens is 5. The average Bonchev–Trinajstić information content (AvgIpc) is 3.38. The van der Waals surface area contributed by atoms with E-state index >= 15 is 0 Å². The predicted molar refractivity (Wildman–Crippen MR) is 130 cm³/mol. The molecule has 0 aliphatic carbocycles. The lowest BCUT2D eigenvalue weighted by Gasteiger charge is -2.13. The summed E-state index contributed by atoms with van der Waals surface area (Å²) >= 11 is 1.37. The van der Waals surface area contributed by atoms with Crippen molar-refractivity contribution in [2.45, 2.75) is 51.3 Å². The number of hydrogen-bond acceptors (Lipinski definition) is 6. The molecule has 0 bridgehead atoms. The lowest BCUT2D eigenvalue weighted by atomic mass is 10.1. The van der Waals surface area contributed by atoms with E-state index in [0.29, 0.717) is 17.3 Å². The van der Waals surface area contributed by atoms with Gasteiger partial charge in [0.15, 0.2) is 16.8 Å². The van der Waals surface area contributed by atoms with Gasteiger partial charge in [0.2, 0.25) is 0 Å². The van der Waals surface area contributed by atoms with E-state index < -0.39 is 11.9 Å². The number of ketones is 1. The smallest absolute Gasteiger partial charge is 0.387 e. The molecule has 1 unspecified atom stereocenters. The van der Waals surface area contributed by atoms with Gasteiger partial charge in [0.1, 0.15) is 5.75 Å². The third-order valence-corrected chi connectivity index (χ3v) is 6.72. The summed E-state index contributed by atoms with van der Waals surface area (Å²) in [6.07, 6.45) is 3.41. The highest BCUT2D eigenvalue weighted by atomic mass is 32.2. The van der Waals surface area contributed by atoms with Gasteiger partial charge in [-0.3, -0.25) is 9.78 Å². The van der Waals surface area contributed by atoms with Crippen LogP contribution in [0.15, 0.2) is 60.0 Å². The third-order valence-electron chi connectivity index (χ3n) is 5.64. The summed E-state index contributed by atoms with van der Waals surface area (Å²) in [5, 5.41) is 8.94. The van der Waals surface area contributed by atoms with Crippen LogP contribution in [-0.2, 0) is 6.54 Å². The van der Waals surface area contributed by atoms with E-state index in [1.54, 1.807) is 24.5 Å². The Hall–Kier alpha value is -3.53. The number of pyridine rings is 1. The Balaban J connectivity index is 1.56. The quantitative estimate of drug-likeness (QED) is 0.217. The number of ether oxygens (including phenoxy) is 1. The van der Waals surface area contributed by atoms with Crippen molar-refractivity contribution in [1.29, 1.82) is 0 Å². The second kappa shape index (κ2) is 10.4. The summed E-state index contributed by atoms with van der Waals surface area (Å²) < 4.78 is 33.2. The number of carbonyl (C=O) groups is 1. The number of aryl methyl sites for hydroxylation is 1. The van der Waals surface area contributed by atoms with Crippen molar-refractivity contribution in [3.63, 3.8) is 0 Å². The second-order valence-corrected chi connectivity index (χ2v) is 9.21. The van der Waals surface area contributed by atoms with Crippen molar-refractivity contribution in [3.05, 3.63) is 71.8 Å². The predicted octanol–water partition coefficient (Wildman–Crippen LogP) is 5.73. The summed E-state index contributed by atoms with van der Waals surface area (Å²) in [4.78, 5) is 17.5. The molecule has 0 amide bonds. The van der Waals surface area contributed by atoms with Gasteiger partial charge in [-0.1, -0.05) is 11.8 Å². The molecule has 0 N–H and O–H groups in total. The molecule has 1 atom stereocenters. The number of carbonyl (C=O) groups excluding carboxylic acids is 1. The molecule has 0 aliphatic heterocycles. The molecule has 0 aliphatic rings. The average molecular weight is 498 g/mol. The van der Waals surface area contributed by atoms with Crippen LogP contribution >= 0.6 is 11.8 Å². The van der Waals surface area contributed by atoms with Crippen LogP contribution < -0.4 is 4.74 Å². The maximum atomic E-state index is 13.4. The number of halogens is 2. The Morgan fingerprint density at radius 1 is 1.09 bits per heavy atom. The monoisotopic (exact) mass is 497 g/mol. The summed E-state index contributed by atoms with van der Waals surface area (Å²) in [7, 11) is 0. The van der Waals surface area contributed by atoms with Gasteiger partial charge in [-0.25, -0.2) is 0 Å². The fourth-order valence-electron chi connectivity index (χ4n) is 3.99. The number of nitrogens with zero attached hydrogens (tertiary/aromatic N) is 5. The van der Waals surface area contributed by atoms with E-state index in [1.807, 2.05) is 55.0 Å². The Morgan fingerprint density at radius 2 is 1.77 bits per heavy atom. The molecule has 3 heterocycles. The highest BCUT2D eigenvalue weighted by Gasteiger charge is 2.25. The van der Waals surface area contributed by atoms with Crippen LogP contribution in [0, 0.1) is 13.8 Å². The fourth-order valence-corrected chi connectivity index (χ4v) is 4.97. The first-order valence-electron chi connectivity index (χ1n) is 11.1. The molecular weight excluding hydrogens is 472 g/mol. The van der Waals surface area contributed by atoms with Crippen LogP contribution in [0.5, 0.6) is 5.75 Å². The summed E-state index contributed by atoms with van der Waals surface area (Å²) in [6, 6.07) is 11.9. The van der Waals surface area contributed by atoms with Crippen molar-refractivity contribution in [2.24, 2.45) is 0 Å². The maximum absolute atomic E-state index is 13.4. The van der Waals surface area contributed by atoms with E-state index in [9.17, 15) is 13.6 Å². The standard InChI is InChI=1S/C25H25F2N5O2S/c1-5-31-23(18-10-12-28-13-11-18)29-30-25(31)35-17(4)22(33)21-14-15(2)32(16(21)3)19-6-8-20(9-7-19)34-24(26)27/h6-14,17,24H,5H2,1-4H3. The van der Waals surface area contributed by atoms with E-state index in [2.05, 4.69) is 19.9 Å². The normalized spacial score (nSPS) is 12.2. The number of thioether (sulfide) groups is 1. The first-order valence-corrected chi connectivity index (χ1v) is 12.0. The molecular formula is C25H25F2N5O2S. The van der Waals surface area contributed by atoms with Gasteiger partial charge in [-0.15, -0.1) is 10.2 Å². The number of benzene rings is 1. The molecule has 182 valence electrons. The van der Waals surface area contributed by atoms with E-state index in [0.717, 1.165) is 28.5 Å². The van der Waals surface area contributed by atoms with Gasteiger partial charge >= 0.3 is 6.61 Å². The number of hydrogen-bond donors (Lipinski definition) is 0. The van der Waals surface area contributed by atoms with Gasteiger partial charge in [-0.2, -0.15) is 8.78 Å². The van der Waals surface area contributed by atoms with Crippen LogP contribution in [0.1, 0.15) is 35.6 Å². The van der Waals surface area contributed by atoms with Crippen LogP contribution in [0.3, 0.4) is 0 Å². The molecule has 0 saturated carbocycles. The highest BCUT2D eigenvalue weighted by Crippen LogP contribution is 2.30. The minimum absolute atomic E-state index is 0.0249. The minimum Gasteiger partial charge on any atom is -0.435 e. The molecule has 35 heavy (non-hydrogen) atoms.